The highest BCUT2D eigenvalue weighted by Crippen LogP contribution is 2.28. The Balaban J connectivity index is 2.85. The van der Waals surface area contributed by atoms with Crippen molar-refractivity contribution in [1.82, 2.24) is 4.98 Å². The van der Waals surface area contributed by atoms with Crippen LogP contribution in [-0.2, 0) is 13.0 Å². The number of hydrogen-bond acceptors (Lipinski definition) is 4. The Morgan fingerprint density at radius 3 is 2.56 bits per heavy atom. The van der Waals surface area contributed by atoms with Crippen LogP contribution >= 0.6 is 11.3 Å². The van der Waals surface area contributed by atoms with Gasteiger partial charge in [-0.05, 0) is 19.3 Å². The minimum atomic E-state index is 0.119. The maximum absolute atomic E-state index is 9.39. The van der Waals surface area contributed by atoms with E-state index in [1.807, 2.05) is 0 Å². The standard InChI is InChI=1S/C14H26N2OS/c1-5-8-12-13(10-17)18-14(15-12)16(7-3)9-11(4)6-2/h11,17H,5-10H2,1-4H3. The fourth-order valence-electron chi connectivity index (χ4n) is 1.91. The summed E-state index contributed by atoms with van der Waals surface area (Å²) in [5.41, 5.74) is 1.09. The summed E-state index contributed by atoms with van der Waals surface area (Å²) in [5, 5.41) is 10.5. The van der Waals surface area contributed by atoms with E-state index in [9.17, 15) is 5.11 Å². The third kappa shape index (κ3) is 3.95. The van der Waals surface area contributed by atoms with Gasteiger partial charge in [0, 0.05) is 13.1 Å². The van der Waals surface area contributed by atoms with Crippen LogP contribution in [-0.4, -0.2) is 23.2 Å². The van der Waals surface area contributed by atoms with Crippen LogP contribution in [0.5, 0.6) is 0 Å². The van der Waals surface area contributed by atoms with Crippen molar-refractivity contribution in [3.8, 4) is 0 Å². The van der Waals surface area contributed by atoms with Gasteiger partial charge in [0.1, 0.15) is 0 Å². The number of aliphatic hydroxyl groups excluding tert-OH is 1. The molecule has 1 rings (SSSR count). The Morgan fingerprint density at radius 2 is 2.06 bits per heavy atom. The van der Waals surface area contributed by atoms with Gasteiger partial charge < -0.3 is 10.0 Å². The molecular formula is C14H26N2OS. The van der Waals surface area contributed by atoms with Crippen LogP contribution < -0.4 is 4.90 Å². The van der Waals surface area contributed by atoms with Gasteiger partial charge in [-0.2, -0.15) is 0 Å². The Bertz CT molecular complexity index is 352. The van der Waals surface area contributed by atoms with E-state index in [2.05, 4.69) is 32.6 Å². The van der Waals surface area contributed by atoms with Crippen LogP contribution in [0, 0.1) is 5.92 Å². The van der Waals surface area contributed by atoms with Gasteiger partial charge in [-0.3, -0.25) is 0 Å². The number of hydrogen-bond donors (Lipinski definition) is 1. The molecule has 0 saturated heterocycles. The summed E-state index contributed by atoms with van der Waals surface area (Å²) in [6.45, 7) is 11.0. The van der Waals surface area contributed by atoms with Crippen LogP contribution in [0.3, 0.4) is 0 Å². The van der Waals surface area contributed by atoms with Gasteiger partial charge in [0.15, 0.2) is 5.13 Å². The monoisotopic (exact) mass is 270 g/mol. The van der Waals surface area contributed by atoms with Gasteiger partial charge in [0.25, 0.3) is 0 Å². The van der Waals surface area contributed by atoms with Crippen LogP contribution in [0.2, 0.25) is 0 Å². The van der Waals surface area contributed by atoms with E-state index in [0.29, 0.717) is 5.92 Å². The van der Waals surface area contributed by atoms with Crippen molar-refractivity contribution < 1.29 is 5.11 Å². The number of rotatable bonds is 8. The van der Waals surface area contributed by atoms with Crippen LogP contribution in [0.25, 0.3) is 0 Å². The van der Waals surface area contributed by atoms with Crippen molar-refractivity contribution in [1.29, 1.82) is 0 Å². The lowest BCUT2D eigenvalue weighted by Gasteiger charge is -2.23. The zero-order chi connectivity index (χ0) is 13.5. The molecule has 1 aromatic rings. The van der Waals surface area contributed by atoms with E-state index in [1.165, 1.54) is 6.42 Å². The van der Waals surface area contributed by atoms with Crippen molar-refractivity contribution >= 4 is 16.5 Å². The highest BCUT2D eigenvalue weighted by Gasteiger charge is 2.15. The summed E-state index contributed by atoms with van der Waals surface area (Å²) in [5.74, 6) is 0.682. The second-order valence-electron chi connectivity index (χ2n) is 4.83. The second kappa shape index (κ2) is 7.74. The molecule has 0 radical (unpaired) electrons. The van der Waals surface area contributed by atoms with E-state index in [1.54, 1.807) is 11.3 Å². The van der Waals surface area contributed by atoms with Crippen LogP contribution in [0.4, 0.5) is 5.13 Å². The molecule has 1 atom stereocenters. The molecule has 18 heavy (non-hydrogen) atoms. The molecule has 0 aliphatic carbocycles. The number of aryl methyl sites for hydroxylation is 1. The van der Waals surface area contributed by atoms with E-state index in [-0.39, 0.29) is 6.61 Å². The smallest absolute Gasteiger partial charge is 0.185 e. The van der Waals surface area contributed by atoms with Crippen molar-refractivity contribution in [2.45, 2.75) is 53.6 Å². The molecule has 0 spiro atoms. The summed E-state index contributed by atoms with van der Waals surface area (Å²) < 4.78 is 0. The average molecular weight is 270 g/mol. The Hall–Kier alpha value is -0.610. The molecule has 3 nitrogen and oxygen atoms in total. The summed E-state index contributed by atoms with van der Waals surface area (Å²) >= 11 is 1.65. The summed E-state index contributed by atoms with van der Waals surface area (Å²) in [7, 11) is 0. The minimum absolute atomic E-state index is 0.119. The zero-order valence-corrected chi connectivity index (χ0v) is 12.9. The molecule has 0 amide bonds. The lowest BCUT2D eigenvalue weighted by atomic mass is 10.1. The van der Waals surface area contributed by atoms with E-state index >= 15 is 0 Å². The second-order valence-corrected chi connectivity index (χ2v) is 5.89. The molecule has 104 valence electrons. The van der Waals surface area contributed by atoms with Crippen LogP contribution in [0.15, 0.2) is 0 Å². The number of thiazole rings is 1. The maximum Gasteiger partial charge on any atom is 0.185 e. The first-order valence-corrected chi connectivity index (χ1v) is 7.82. The predicted molar refractivity (Wildman–Crippen MR) is 79.4 cm³/mol. The van der Waals surface area contributed by atoms with Gasteiger partial charge in [-0.15, -0.1) is 0 Å². The molecular weight excluding hydrogens is 244 g/mol. The third-order valence-electron chi connectivity index (χ3n) is 3.28. The quantitative estimate of drug-likeness (QED) is 0.786. The fraction of sp³-hybridized carbons (Fsp3) is 0.786. The van der Waals surface area contributed by atoms with E-state index in [0.717, 1.165) is 41.6 Å². The lowest BCUT2D eigenvalue weighted by molar-refractivity contribution is 0.284. The molecule has 0 fully saturated rings. The number of anilines is 1. The largest absolute Gasteiger partial charge is 0.391 e. The lowest BCUT2D eigenvalue weighted by Crippen LogP contribution is -2.27. The minimum Gasteiger partial charge on any atom is -0.391 e. The van der Waals surface area contributed by atoms with E-state index in [4.69, 9.17) is 4.98 Å². The first-order chi connectivity index (χ1) is 8.65. The topological polar surface area (TPSA) is 36.4 Å². The molecule has 4 heteroatoms. The third-order valence-corrected chi connectivity index (χ3v) is 4.42. The van der Waals surface area contributed by atoms with Crippen molar-refractivity contribution in [3.05, 3.63) is 10.6 Å². The first kappa shape index (κ1) is 15.4. The zero-order valence-electron chi connectivity index (χ0n) is 12.1. The molecule has 0 aliphatic rings. The maximum atomic E-state index is 9.39. The van der Waals surface area contributed by atoms with Gasteiger partial charge in [-0.1, -0.05) is 44.9 Å². The predicted octanol–water partition coefficient (Wildman–Crippen LogP) is 3.46. The van der Waals surface area contributed by atoms with Crippen molar-refractivity contribution in [3.63, 3.8) is 0 Å². The van der Waals surface area contributed by atoms with Gasteiger partial charge in [0.2, 0.25) is 0 Å². The van der Waals surface area contributed by atoms with Gasteiger partial charge >= 0.3 is 0 Å². The SMILES string of the molecule is CCCc1nc(N(CC)CC(C)CC)sc1CO. The summed E-state index contributed by atoms with van der Waals surface area (Å²) in [6, 6.07) is 0. The normalized spacial score (nSPS) is 12.7. The van der Waals surface area contributed by atoms with Gasteiger partial charge in [-0.25, -0.2) is 4.98 Å². The Labute approximate surface area is 115 Å². The molecule has 1 unspecified atom stereocenters. The number of nitrogens with zero attached hydrogens (tertiary/aromatic N) is 2. The molecule has 1 heterocycles. The Morgan fingerprint density at radius 1 is 1.33 bits per heavy atom. The molecule has 0 aliphatic heterocycles. The highest BCUT2D eigenvalue weighted by molar-refractivity contribution is 7.15. The van der Waals surface area contributed by atoms with Crippen molar-refractivity contribution in [2.24, 2.45) is 5.92 Å². The summed E-state index contributed by atoms with van der Waals surface area (Å²) in [4.78, 5) is 8.08. The number of aliphatic hydroxyl groups is 1. The van der Waals surface area contributed by atoms with E-state index < -0.39 is 0 Å². The van der Waals surface area contributed by atoms with Gasteiger partial charge in [0.05, 0.1) is 17.2 Å². The molecule has 1 N–H and O–H groups in total. The highest BCUT2D eigenvalue weighted by atomic mass is 32.1. The summed E-state index contributed by atoms with van der Waals surface area (Å²) in [6.07, 6.45) is 3.23. The van der Waals surface area contributed by atoms with Crippen LogP contribution in [0.1, 0.15) is 51.1 Å². The average Bonchev–Trinajstić information content (AvgIpc) is 2.79. The first-order valence-electron chi connectivity index (χ1n) is 7.00. The Kier molecular flexibility index (Phi) is 6.65. The fourth-order valence-corrected chi connectivity index (χ4v) is 2.95. The molecule has 0 aromatic carbocycles. The molecule has 0 saturated carbocycles. The molecule has 0 bridgehead atoms. The van der Waals surface area contributed by atoms with Crippen molar-refractivity contribution in [2.75, 3.05) is 18.0 Å². The molecule has 1 aromatic heterocycles. The number of aromatic nitrogens is 1.